The molecule has 0 N–H and O–H groups in total. The number of anilines is 1. The first-order chi connectivity index (χ1) is 12.5. The van der Waals surface area contributed by atoms with Gasteiger partial charge in [-0.25, -0.2) is 4.39 Å². The minimum absolute atomic E-state index is 0.148. The molecule has 6 heteroatoms. The molecule has 1 saturated heterocycles. The Kier molecular flexibility index (Phi) is 4.59. The van der Waals surface area contributed by atoms with Crippen molar-refractivity contribution in [3.05, 3.63) is 63.9 Å². The van der Waals surface area contributed by atoms with E-state index in [1.54, 1.807) is 11.0 Å². The molecule has 1 fully saturated rings. The molecule has 0 unspecified atom stereocenters. The fraction of sp³-hybridized carbons (Fsp3) is 0.350. The van der Waals surface area contributed by atoms with Crippen LogP contribution < -0.4 is 4.90 Å². The van der Waals surface area contributed by atoms with Gasteiger partial charge in [0.05, 0.1) is 5.56 Å². The fourth-order valence-corrected chi connectivity index (χ4v) is 3.95. The van der Waals surface area contributed by atoms with Crippen molar-refractivity contribution in [2.45, 2.75) is 13.1 Å². The number of rotatable bonds is 2. The highest BCUT2D eigenvalue weighted by Gasteiger charge is 2.29. The van der Waals surface area contributed by atoms with Gasteiger partial charge in [0.25, 0.3) is 5.91 Å². The van der Waals surface area contributed by atoms with Gasteiger partial charge in [-0.05, 0) is 42.4 Å². The monoisotopic (exact) mass is 373 g/mol. The summed E-state index contributed by atoms with van der Waals surface area (Å²) in [5.74, 6) is -0.535. The number of nitrogens with zero attached hydrogens (tertiary/aromatic N) is 3. The Labute approximate surface area is 157 Å². The average molecular weight is 374 g/mol. The van der Waals surface area contributed by atoms with E-state index in [1.165, 1.54) is 12.1 Å². The zero-order valence-electron chi connectivity index (χ0n) is 14.7. The molecule has 0 aliphatic carbocycles. The molecule has 2 heterocycles. The molecule has 2 aromatic rings. The number of amides is 1. The fourth-order valence-electron chi connectivity index (χ4n) is 3.70. The van der Waals surface area contributed by atoms with E-state index in [2.05, 4.69) is 16.8 Å². The summed E-state index contributed by atoms with van der Waals surface area (Å²) in [5.41, 5.74) is 3.29. The van der Waals surface area contributed by atoms with Crippen molar-refractivity contribution >= 4 is 23.2 Å². The highest BCUT2D eigenvalue weighted by molar-refractivity contribution is 6.31. The lowest BCUT2D eigenvalue weighted by Gasteiger charge is -2.35. The van der Waals surface area contributed by atoms with Crippen molar-refractivity contribution in [3.63, 3.8) is 0 Å². The van der Waals surface area contributed by atoms with E-state index < -0.39 is 0 Å². The molecule has 0 saturated carbocycles. The van der Waals surface area contributed by atoms with Crippen LogP contribution in [0.3, 0.4) is 0 Å². The Hall–Kier alpha value is -2.11. The molecule has 1 amide bonds. The highest BCUT2D eigenvalue weighted by atomic mass is 35.5. The van der Waals surface area contributed by atoms with E-state index in [0.29, 0.717) is 23.7 Å². The minimum Gasteiger partial charge on any atom is -0.368 e. The minimum atomic E-state index is -0.388. The van der Waals surface area contributed by atoms with E-state index in [9.17, 15) is 9.18 Å². The van der Waals surface area contributed by atoms with Crippen LogP contribution in [0.1, 0.15) is 21.5 Å². The third-order valence-corrected chi connectivity index (χ3v) is 5.60. The predicted octanol–water partition coefficient (Wildman–Crippen LogP) is 3.39. The van der Waals surface area contributed by atoms with Gasteiger partial charge in [0, 0.05) is 50.0 Å². The third kappa shape index (κ3) is 3.17. The lowest BCUT2D eigenvalue weighted by molar-refractivity contribution is 0.0751. The molecule has 0 radical (unpaired) electrons. The Bertz CT molecular complexity index is 849. The van der Waals surface area contributed by atoms with Crippen LogP contribution in [0.4, 0.5) is 10.1 Å². The normalized spacial score (nSPS) is 17.5. The van der Waals surface area contributed by atoms with Gasteiger partial charge in [-0.15, -0.1) is 0 Å². The number of likely N-dealkylation sites (N-methyl/N-ethyl adjacent to an activating group) is 1. The van der Waals surface area contributed by atoms with Gasteiger partial charge in [0.15, 0.2) is 0 Å². The summed E-state index contributed by atoms with van der Waals surface area (Å²) in [6, 6.07) is 10.2. The van der Waals surface area contributed by atoms with Crippen LogP contribution in [0.15, 0.2) is 36.4 Å². The third-order valence-electron chi connectivity index (χ3n) is 5.25. The molecule has 2 aromatic carbocycles. The van der Waals surface area contributed by atoms with Gasteiger partial charge in [0.1, 0.15) is 5.82 Å². The predicted molar refractivity (Wildman–Crippen MR) is 101 cm³/mol. The molecular formula is C20H21ClFN3O. The SMILES string of the molecule is CN1CCN(c2ccc(F)cc2C(=O)N2Cc3cccc(Cl)c3C2)CC1. The zero-order valence-corrected chi connectivity index (χ0v) is 15.5. The number of carbonyl (C=O) groups is 1. The maximum absolute atomic E-state index is 13.9. The van der Waals surface area contributed by atoms with E-state index in [4.69, 9.17) is 11.6 Å². The Morgan fingerprint density at radius 1 is 1.08 bits per heavy atom. The molecule has 136 valence electrons. The first-order valence-electron chi connectivity index (χ1n) is 8.81. The maximum atomic E-state index is 13.9. The maximum Gasteiger partial charge on any atom is 0.256 e. The molecule has 0 atom stereocenters. The van der Waals surface area contributed by atoms with Crippen LogP contribution in [0.25, 0.3) is 0 Å². The average Bonchev–Trinajstić information content (AvgIpc) is 3.08. The number of fused-ring (bicyclic) bond motifs is 1. The summed E-state index contributed by atoms with van der Waals surface area (Å²) in [6.45, 7) is 4.48. The lowest BCUT2D eigenvalue weighted by Crippen LogP contribution is -2.45. The summed E-state index contributed by atoms with van der Waals surface area (Å²) < 4.78 is 13.9. The molecule has 4 nitrogen and oxygen atoms in total. The van der Waals surface area contributed by atoms with E-state index in [-0.39, 0.29) is 11.7 Å². The molecule has 2 aliphatic rings. The topological polar surface area (TPSA) is 26.8 Å². The van der Waals surface area contributed by atoms with Crippen LogP contribution >= 0.6 is 11.6 Å². The Morgan fingerprint density at radius 3 is 2.58 bits per heavy atom. The summed E-state index contributed by atoms with van der Waals surface area (Å²) in [7, 11) is 2.08. The molecule has 26 heavy (non-hydrogen) atoms. The van der Waals surface area contributed by atoms with Gasteiger partial charge >= 0.3 is 0 Å². The summed E-state index contributed by atoms with van der Waals surface area (Å²) >= 11 is 6.27. The summed E-state index contributed by atoms with van der Waals surface area (Å²) in [6.07, 6.45) is 0. The number of hydrogen-bond donors (Lipinski definition) is 0. The van der Waals surface area contributed by atoms with Crippen LogP contribution in [0.5, 0.6) is 0 Å². The molecule has 0 aromatic heterocycles. The van der Waals surface area contributed by atoms with Crippen molar-refractivity contribution in [2.24, 2.45) is 0 Å². The standard InChI is InChI=1S/C20H21ClFN3O/c1-23-7-9-24(10-8-23)19-6-5-15(22)11-16(19)20(26)25-12-14-3-2-4-18(21)17(14)13-25/h2-6,11H,7-10,12-13H2,1H3. The second-order valence-corrected chi connectivity index (χ2v) is 7.40. The first kappa shape index (κ1) is 17.3. The highest BCUT2D eigenvalue weighted by Crippen LogP contribution is 2.32. The Morgan fingerprint density at radius 2 is 1.85 bits per heavy atom. The lowest BCUT2D eigenvalue weighted by atomic mass is 10.1. The van der Waals surface area contributed by atoms with Gasteiger partial charge in [-0.3, -0.25) is 4.79 Å². The van der Waals surface area contributed by atoms with Gasteiger partial charge in [0.2, 0.25) is 0 Å². The molecular weight excluding hydrogens is 353 g/mol. The second-order valence-electron chi connectivity index (χ2n) is 6.99. The smallest absolute Gasteiger partial charge is 0.256 e. The largest absolute Gasteiger partial charge is 0.368 e. The van der Waals surface area contributed by atoms with Crippen molar-refractivity contribution in [2.75, 3.05) is 38.1 Å². The van der Waals surface area contributed by atoms with Crippen molar-refractivity contribution in [1.82, 2.24) is 9.80 Å². The van der Waals surface area contributed by atoms with E-state index in [1.807, 2.05) is 18.2 Å². The van der Waals surface area contributed by atoms with Crippen LogP contribution in [0, 0.1) is 5.82 Å². The number of hydrogen-bond acceptors (Lipinski definition) is 3. The van der Waals surface area contributed by atoms with Crippen LogP contribution in [0.2, 0.25) is 5.02 Å². The second kappa shape index (κ2) is 6.89. The van der Waals surface area contributed by atoms with Crippen LogP contribution in [-0.2, 0) is 13.1 Å². The van der Waals surface area contributed by atoms with Crippen LogP contribution in [-0.4, -0.2) is 48.9 Å². The zero-order chi connectivity index (χ0) is 18.3. The van der Waals surface area contributed by atoms with Gasteiger partial charge in [-0.1, -0.05) is 23.7 Å². The van der Waals surface area contributed by atoms with Gasteiger partial charge < -0.3 is 14.7 Å². The number of piperazine rings is 1. The number of benzene rings is 2. The molecule has 0 bridgehead atoms. The first-order valence-corrected chi connectivity index (χ1v) is 9.19. The van der Waals surface area contributed by atoms with Crippen molar-refractivity contribution < 1.29 is 9.18 Å². The summed E-state index contributed by atoms with van der Waals surface area (Å²) in [5, 5.41) is 0.677. The van der Waals surface area contributed by atoms with E-state index >= 15 is 0 Å². The quantitative estimate of drug-likeness (QED) is 0.807. The van der Waals surface area contributed by atoms with Crippen molar-refractivity contribution in [1.29, 1.82) is 0 Å². The van der Waals surface area contributed by atoms with E-state index in [0.717, 1.165) is 43.0 Å². The number of halogens is 2. The van der Waals surface area contributed by atoms with Gasteiger partial charge in [-0.2, -0.15) is 0 Å². The summed E-state index contributed by atoms with van der Waals surface area (Å²) in [4.78, 5) is 19.3. The molecule has 2 aliphatic heterocycles. The molecule has 4 rings (SSSR count). The Balaban J connectivity index is 1.62. The number of carbonyl (C=O) groups excluding carboxylic acids is 1. The van der Waals surface area contributed by atoms with Crippen molar-refractivity contribution in [3.8, 4) is 0 Å². The molecule has 0 spiro atoms.